The lowest BCUT2D eigenvalue weighted by molar-refractivity contribution is -0.117. The average molecular weight is 697 g/mol. The minimum atomic E-state index is -0.782. The number of para-hydroxylation sites is 2. The molecule has 2 atom stereocenters. The van der Waals surface area contributed by atoms with Crippen LogP contribution in [0.25, 0.3) is 12.2 Å². The minimum absolute atomic E-state index is 0.0410. The van der Waals surface area contributed by atoms with E-state index in [1.165, 1.54) is 0 Å². The number of carbonyl (C=O) groups is 2. The van der Waals surface area contributed by atoms with Gasteiger partial charge in [-0.2, -0.15) is 0 Å². The summed E-state index contributed by atoms with van der Waals surface area (Å²) in [4.78, 5) is 30.8. The van der Waals surface area contributed by atoms with Gasteiger partial charge in [-0.1, -0.05) is 108 Å². The molecule has 0 radical (unpaired) electrons. The molecule has 250 valence electrons. The Bertz CT molecular complexity index is 1960. The third kappa shape index (κ3) is 5.88. The summed E-state index contributed by atoms with van der Waals surface area (Å²) in [7, 11) is 3.30. The van der Waals surface area contributed by atoms with Gasteiger partial charge in [0.25, 0.3) is 0 Å². The van der Waals surface area contributed by atoms with E-state index in [9.17, 15) is 9.59 Å². The Labute approximate surface area is 301 Å². The summed E-state index contributed by atoms with van der Waals surface area (Å²) in [6.07, 6.45) is 8.38. The molecule has 8 heteroatoms. The Kier molecular flexibility index (Phi) is 9.07. The molecule has 7 rings (SSSR count). The molecule has 6 nitrogen and oxygen atoms in total. The second kappa shape index (κ2) is 13.6. The standard InChI is InChI=1S/C42H36N2O4S2/c1-29(45)43-37-9-5-7-11-39(37)49-41(43,33-17-21-35(47-3)22-18-33)27-25-31-13-15-32(16-14-31)26-28-42(34-19-23-36(48-4)24-20-34)44(30(2)46)38-10-6-8-12-40(38)50-42/h5-28H,1-4H3. The number of amides is 2. The molecule has 0 aliphatic carbocycles. The monoisotopic (exact) mass is 696 g/mol. The van der Waals surface area contributed by atoms with E-state index in [2.05, 4.69) is 60.7 Å². The molecule has 2 heterocycles. The number of anilines is 2. The minimum Gasteiger partial charge on any atom is -0.497 e. The Morgan fingerprint density at radius 1 is 0.540 bits per heavy atom. The van der Waals surface area contributed by atoms with Gasteiger partial charge < -0.3 is 9.47 Å². The lowest BCUT2D eigenvalue weighted by atomic mass is 10.00. The van der Waals surface area contributed by atoms with Crippen LogP contribution in [0.5, 0.6) is 11.5 Å². The fraction of sp³-hybridized carbons (Fsp3) is 0.143. The largest absolute Gasteiger partial charge is 0.497 e. The van der Waals surface area contributed by atoms with E-state index in [4.69, 9.17) is 9.47 Å². The van der Waals surface area contributed by atoms with E-state index in [0.29, 0.717) is 0 Å². The summed E-state index contributed by atoms with van der Waals surface area (Å²) in [6, 6.07) is 40.1. The van der Waals surface area contributed by atoms with Gasteiger partial charge in [-0.05, 0) is 82.9 Å². The first-order valence-corrected chi connectivity index (χ1v) is 17.9. The number of benzene rings is 5. The van der Waals surface area contributed by atoms with E-state index in [-0.39, 0.29) is 11.8 Å². The van der Waals surface area contributed by atoms with Crippen molar-refractivity contribution in [3.8, 4) is 11.5 Å². The molecule has 0 bridgehead atoms. The molecule has 0 saturated carbocycles. The van der Waals surface area contributed by atoms with Gasteiger partial charge in [0, 0.05) is 23.6 Å². The van der Waals surface area contributed by atoms with Crippen molar-refractivity contribution in [2.24, 2.45) is 0 Å². The maximum atomic E-state index is 13.3. The highest BCUT2D eigenvalue weighted by Gasteiger charge is 2.47. The van der Waals surface area contributed by atoms with Crippen molar-refractivity contribution in [2.75, 3.05) is 24.0 Å². The molecule has 0 saturated heterocycles. The van der Waals surface area contributed by atoms with Gasteiger partial charge in [0.05, 0.1) is 25.6 Å². The number of methoxy groups -OCH3 is 2. The summed E-state index contributed by atoms with van der Waals surface area (Å²) in [5.41, 5.74) is 5.71. The zero-order valence-corrected chi connectivity index (χ0v) is 29.8. The van der Waals surface area contributed by atoms with Gasteiger partial charge in [-0.3, -0.25) is 19.4 Å². The van der Waals surface area contributed by atoms with E-state index >= 15 is 0 Å². The van der Waals surface area contributed by atoms with E-state index in [1.54, 1.807) is 51.6 Å². The second-order valence-corrected chi connectivity index (χ2v) is 14.6. The molecule has 0 N–H and O–H groups in total. The molecule has 5 aromatic rings. The van der Waals surface area contributed by atoms with Crippen LogP contribution < -0.4 is 19.3 Å². The van der Waals surface area contributed by atoms with Gasteiger partial charge in [0.2, 0.25) is 11.8 Å². The second-order valence-electron chi connectivity index (χ2n) is 12.0. The molecule has 2 aliphatic rings. The molecule has 50 heavy (non-hydrogen) atoms. The molecular formula is C42H36N2O4S2. The van der Waals surface area contributed by atoms with Crippen LogP contribution in [-0.2, 0) is 19.3 Å². The Balaban J connectivity index is 1.23. The fourth-order valence-corrected chi connectivity index (χ4v) is 9.54. The van der Waals surface area contributed by atoms with Crippen LogP contribution in [0.3, 0.4) is 0 Å². The van der Waals surface area contributed by atoms with Gasteiger partial charge >= 0.3 is 0 Å². The van der Waals surface area contributed by atoms with Crippen molar-refractivity contribution in [1.29, 1.82) is 0 Å². The quantitative estimate of drug-likeness (QED) is 0.161. The van der Waals surface area contributed by atoms with Crippen LogP contribution in [0.1, 0.15) is 36.1 Å². The summed E-state index contributed by atoms with van der Waals surface area (Å²) >= 11 is 3.30. The van der Waals surface area contributed by atoms with E-state index in [1.807, 2.05) is 94.7 Å². The highest BCUT2D eigenvalue weighted by atomic mass is 32.2. The van der Waals surface area contributed by atoms with Gasteiger partial charge in [0.15, 0.2) is 0 Å². The molecular weight excluding hydrogens is 661 g/mol. The lowest BCUT2D eigenvalue weighted by Crippen LogP contribution is -2.42. The zero-order valence-electron chi connectivity index (χ0n) is 28.2. The zero-order chi connectivity index (χ0) is 34.9. The van der Waals surface area contributed by atoms with Crippen LogP contribution in [0, 0.1) is 0 Å². The van der Waals surface area contributed by atoms with Crippen LogP contribution >= 0.6 is 23.5 Å². The lowest BCUT2D eigenvalue weighted by Gasteiger charge is -2.35. The number of ether oxygens (including phenoxy) is 2. The van der Waals surface area contributed by atoms with Crippen LogP contribution in [0.2, 0.25) is 0 Å². The van der Waals surface area contributed by atoms with Crippen LogP contribution in [0.4, 0.5) is 11.4 Å². The van der Waals surface area contributed by atoms with Gasteiger partial charge in [-0.15, -0.1) is 0 Å². The van der Waals surface area contributed by atoms with Crippen molar-refractivity contribution in [3.05, 3.63) is 156 Å². The summed E-state index contributed by atoms with van der Waals surface area (Å²) < 4.78 is 10.9. The molecule has 0 fully saturated rings. The Morgan fingerprint density at radius 3 is 1.24 bits per heavy atom. The number of thioether (sulfide) groups is 2. The average Bonchev–Trinajstić information content (AvgIpc) is 3.68. The first-order chi connectivity index (χ1) is 24.3. The number of nitrogens with zero attached hydrogens (tertiary/aromatic N) is 2. The SMILES string of the molecule is COc1ccc(C2(C=Cc3ccc(C=CC4(c5ccc(OC)cc5)Sc5ccccc5N4C(C)=O)cc3)Sc3ccccc3N2C(C)=O)cc1. The first kappa shape index (κ1) is 33.3. The van der Waals surface area contributed by atoms with Gasteiger partial charge in [-0.25, -0.2) is 0 Å². The van der Waals surface area contributed by atoms with Crippen molar-refractivity contribution in [2.45, 2.75) is 33.4 Å². The third-order valence-corrected chi connectivity index (χ3v) is 11.8. The highest BCUT2D eigenvalue weighted by molar-refractivity contribution is 8.01. The molecule has 2 unspecified atom stereocenters. The highest BCUT2D eigenvalue weighted by Crippen LogP contribution is 2.58. The molecule has 5 aromatic carbocycles. The van der Waals surface area contributed by atoms with Crippen molar-refractivity contribution in [1.82, 2.24) is 0 Å². The third-order valence-electron chi connectivity index (χ3n) is 8.98. The molecule has 0 spiro atoms. The number of rotatable bonds is 8. The van der Waals surface area contributed by atoms with Crippen molar-refractivity contribution in [3.63, 3.8) is 0 Å². The topological polar surface area (TPSA) is 59.1 Å². The molecule has 0 aromatic heterocycles. The maximum Gasteiger partial charge on any atom is 0.225 e. The van der Waals surface area contributed by atoms with Crippen molar-refractivity contribution >= 4 is 58.9 Å². The normalized spacial score (nSPS) is 19.5. The smallest absolute Gasteiger partial charge is 0.225 e. The fourth-order valence-electron chi connectivity index (χ4n) is 6.63. The number of fused-ring (bicyclic) bond motifs is 2. The summed E-state index contributed by atoms with van der Waals surface area (Å²) in [5, 5.41) is 0. The Hall–Kier alpha value is -5.18. The van der Waals surface area contributed by atoms with Crippen LogP contribution in [0.15, 0.2) is 143 Å². The molecule has 2 amide bonds. The number of hydrogen-bond donors (Lipinski definition) is 0. The summed E-state index contributed by atoms with van der Waals surface area (Å²) in [5.74, 6) is 1.43. The predicted molar refractivity (Wildman–Crippen MR) is 205 cm³/mol. The Morgan fingerprint density at radius 2 is 0.900 bits per heavy atom. The maximum absolute atomic E-state index is 13.3. The predicted octanol–water partition coefficient (Wildman–Crippen LogP) is 9.75. The molecule has 2 aliphatic heterocycles. The van der Waals surface area contributed by atoms with Crippen LogP contribution in [-0.4, -0.2) is 26.0 Å². The van der Waals surface area contributed by atoms with E-state index < -0.39 is 9.74 Å². The van der Waals surface area contributed by atoms with E-state index in [0.717, 1.165) is 54.9 Å². The number of carbonyl (C=O) groups excluding carboxylic acids is 2. The van der Waals surface area contributed by atoms with Crippen molar-refractivity contribution < 1.29 is 19.1 Å². The summed E-state index contributed by atoms with van der Waals surface area (Å²) in [6.45, 7) is 3.23. The number of hydrogen-bond acceptors (Lipinski definition) is 6. The van der Waals surface area contributed by atoms with Gasteiger partial charge in [0.1, 0.15) is 21.2 Å². The first-order valence-electron chi connectivity index (χ1n) is 16.2.